The second kappa shape index (κ2) is 6.34. The Labute approximate surface area is 153 Å². The van der Waals surface area contributed by atoms with Gasteiger partial charge in [-0.1, -0.05) is 17.7 Å². The van der Waals surface area contributed by atoms with Crippen molar-refractivity contribution in [3.63, 3.8) is 0 Å². The molecule has 0 amide bonds. The van der Waals surface area contributed by atoms with Crippen molar-refractivity contribution < 1.29 is 4.74 Å². The number of methoxy groups -OCH3 is 1. The normalized spacial score (nSPS) is 12.9. The van der Waals surface area contributed by atoms with Gasteiger partial charge in [-0.3, -0.25) is 4.57 Å². The van der Waals surface area contributed by atoms with Gasteiger partial charge in [0.1, 0.15) is 5.75 Å². The second-order valence-corrected chi connectivity index (χ2v) is 6.23. The molecule has 4 rings (SSSR count). The molecular weight excluding hydrogens is 356 g/mol. The van der Waals surface area contributed by atoms with E-state index in [1.807, 2.05) is 29.2 Å². The lowest BCUT2D eigenvalue weighted by molar-refractivity contribution is 0.415. The molecule has 0 radical (unpaired) electrons. The minimum absolute atomic E-state index is 0.337. The average Bonchev–Trinajstić information content (AvgIpc) is 3.06. The molecule has 8 heteroatoms. The maximum Gasteiger partial charge on any atom is 0.359 e. The number of benzene rings is 2. The summed E-state index contributed by atoms with van der Waals surface area (Å²) in [5, 5.41) is 0.444. The van der Waals surface area contributed by atoms with Gasteiger partial charge in [0.2, 0.25) is 5.95 Å². The van der Waals surface area contributed by atoms with Crippen molar-refractivity contribution in [3.05, 3.63) is 74.5 Å². The Hall–Kier alpha value is -3.06. The third-order valence-corrected chi connectivity index (χ3v) is 4.52. The zero-order chi connectivity index (χ0) is 18.3. The third kappa shape index (κ3) is 2.66. The molecule has 0 saturated heterocycles. The number of hydrogen-bond acceptors (Lipinski definition) is 5. The van der Waals surface area contributed by atoms with E-state index in [-0.39, 0.29) is 0 Å². The van der Waals surface area contributed by atoms with Gasteiger partial charge >= 0.3 is 11.4 Å². The van der Waals surface area contributed by atoms with Crippen LogP contribution in [0.1, 0.15) is 0 Å². The van der Waals surface area contributed by atoms with Crippen LogP contribution in [0.2, 0.25) is 5.02 Å². The molecule has 1 aromatic heterocycles. The van der Waals surface area contributed by atoms with Crippen LogP contribution in [-0.4, -0.2) is 27.8 Å². The molecule has 0 bridgehead atoms. The topological polar surface area (TPSA) is 69.4 Å². The van der Waals surface area contributed by atoms with Crippen LogP contribution in [0.3, 0.4) is 0 Å². The molecule has 0 N–H and O–H groups in total. The summed E-state index contributed by atoms with van der Waals surface area (Å²) in [5.41, 5.74) is 0.171. The lowest BCUT2D eigenvalue weighted by atomic mass is 10.3. The van der Waals surface area contributed by atoms with Gasteiger partial charge in [-0.25, -0.2) is 14.2 Å². The third-order valence-electron chi connectivity index (χ3n) is 4.29. The van der Waals surface area contributed by atoms with Gasteiger partial charge in [-0.15, -0.1) is 0 Å². The molecular formula is C18H15ClN4O3. The van der Waals surface area contributed by atoms with Crippen molar-refractivity contribution in [2.45, 2.75) is 6.54 Å². The number of anilines is 2. The quantitative estimate of drug-likeness (QED) is 0.707. The van der Waals surface area contributed by atoms with Gasteiger partial charge in [-0.05, 0) is 42.5 Å². The van der Waals surface area contributed by atoms with Crippen LogP contribution >= 0.6 is 11.6 Å². The lowest BCUT2D eigenvalue weighted by Gasteiger charge is -2.17. The molecule has 1 aliphatic rings. The Bertz CT molecular complexity index is 1090. The highest BCUT2D eigenvalue weighted by Gasteiger charge is 2.26. The molecule has 3 aromatic rings. The van der Waals surface area contributed by atoms with Gasteiger partial charge in [-0.2, -0.15) is 4.98 Å². The zero-order valence-corrected chi connectivity index (χ0v) is 14.7. The summed E-state index contributed by atoms with van der Waals surface area (Å²) in [6.45, 7) is 0.988. The predicted molar refractivity (Wildman–Crippen MR) is 99.1 cm³/mol. The number of aromatic nitrogens is 3. The van der Waals surface area contributed by atoms with E-state index >= 15 is 0 Å². The molecule has 0 fully saturated rings. The van der Waals surface area contributed by atoms with Crippen molar-refractivity contribution in [2.24, 2.45) is 0 Å². The Morgan fingerprint density at radius 1 is 1.04 bits per heavy atom. The van der Waals surface area contributed by atoms with Crippen LogP contribution in [0.15, 0.2) is 58.1 Å². The molecule has 0 atom stereocenters. The highest BCUT2D eigenvalue weighted by molar-refractivity contribution is 6.30. The summed E-state index contributed by atoms with van der Waals surface area (Å²) in [5.74, 6) is 1.07. The van der Waals surface area contributed by atoms with Crippen molar-refractivity contribution in [2.75, 3.05) is 18.6 Å². The minimum atomic E-state index is -0.635. The van der Waals surface area contributed by atoms with E-state index in [1.165, 1.54) is 4.57 Å². The average molecular weight is 371 g/mol. The monoisotopic (exact) mass is 370 g/mol. The summed E-state index contributed by atoms with van der Waals surface area (Å²) < 4.78 is 7.69. The minimum Gasteiger partial charge on any atom is -0.497 e. The molecule has 0 aliphatic carbocycles. The Morgan fingerprint density at radius 2 is 1.81 bits per heavy atom. The highest BCUT2D eigenvalue weighted by atomic mass is 35.5. The van der Waals surface area contributed by atoms with Crippen molar-refractivity contribution >= 4 is 23.2 Å². The molecule has 2 aromatic carbocycles. The summed E-state index contributed by atoms with van der Waals surface area (Å²) in [6, 6.07) is 14.0. The number of nitrogens with zero attached hydrogens (tertiary/aromatic N) is 4. The summed E-state index contributed by atoms with van der Waals surface area (Å²) in [4.78, 5) is 31.4. The molecule has 132 valence electrons. The van der Waals surface area contributed by atoms with E-state index in [1.54, 1.807) is 31.4 Å². The van der Waals surface area contributed by atoms with E-state index in [2.05, 4.69) is 4.98 Å². The van der Waals surface area contributed by atoms with Crippen molar-refractivity contribution in [3.8, 4) is 11.4 Å². The first-order chi connectivity index (χ1) is 12.6. The Morgan fingerprint density at radius 3 is 2.50 bits per heavy atom. The molecule has 0 spiro atoms. The van der Waals surface area contributed by atoms with Crippen LogP contribution < -0.4 is 21.0 Å². The molecule has 2 heterocycles. The summed E-state index contributed by atoms with van der Waals surface area (Å²) in [7, 11) is 1.60. The SMILES string of the molecule is COc1ccc(N2CCn3c2nc(=O)n(-c2cccc(Cl)c2)c3=O)cc1. The number of hydrogen-bond donors (Lipinski definition) is 0. The van der Waals surface area contributed by atoms with Crippen LogP contribution in [-0.2, 0) is 6.54 Å². The van der Waals surface area contributed by atoms with E-state index in [0.717, 1.165) is 16.0 Å². The van der Waals surface area contributed by atoms with E-state index in [4.69, 9.17) is 16.3 Å². The van der Waals surface area contributed by atoms with Crippen molar-refractivity contribution in [1.29, 1.82) is 0 Å². The first-order valence-electron chi connectivity index (χ1n) is 8.00. The second-order valence-electron chi connectivity index (χ2n) is 5.79. The fourth-order valence-corrected chi connectivity index (χ4v) is 3.21. The molecule has 0 unspecified atom stereocenters. The van der Waals surface area contributed by atoms with Crippen LogP contribution in [0.4, 0.5) is 11.6 Å². The largest absolute Gasteiger partial charge is 0.497 e. The highest BCUT2D eigenvalue weighted by Crippen LogP contribution is 2.27. The summed E-state index contributed by atoms with van der Waals surface area (Å²) in [6.07, 6.45) is 0. The summed E-state index contributed by atoms with van der Waals surface area (Å²) >= 11 is 5.98. The lowest BCUT2D eigenvalue weighted by Crippen LogP contribution is -2.40. The maximum absolute atomic E-state index is 12.9. The fourth-order valence-electron chi connectivity index (χ4n) is 3.03. The van der Waals surface area contributed by atoms with Crippen molar-refractivity contribution in [1.82, 2.24) is 14.1 Å². The van der Waals surface area contributed by atoms with Gasteiger partial charge in [0.25, 0.3) is 0 Å². The van der Waals surface area contributed by atoms with Gasteiger partial charge in [0.05, 0.1) is 12.8 Å². The Kier molecular flexibility index (Phi) is 4.00. The van der Waals surface area contributed by atoms with E-state index in [9.17, 15) is 9.59 Å². The standard InChI is InChI=1S/C18H15ClN4O3/c1-26-15-7-5-13(6-8-15)21-9-10-22-16(21)20-17(24)23(18(22)25)14-4-2-3-12(19)11-14/h2-8,11H,9-10H2,1H3. The van der Waals surface area contributed by atoms with E-state index in [0.29, 0.717) is 29.7 Å². The van der Waals surface area contributed by atoms with Gasteiger partial charge in [0.15, 0.2) is 0 Å². The molecule has 26 heavy (non-hydrogen) atoms. The smallest absolute Gasteiger partial charge is 0.359 e. The number of fused-ring (bicyclic) bond motifs is 1. The number of rotatable bonds is 3. The number of ether oxygens (including phenoxy) is 1. The molecule has 1 aliphatic heterocycles. The molecule has 7 nitrogen and oxygen atoms in total. The maximum atomic E-state index is 12.9. The first kappa shape index (κ1) is 16.4. The van der Waals surface area contributed by atoms with Gasteiger partial charge < -0.3 is 9.64 Å². The predicted octanol–water partition coefficient (Wildman–Crippen LogP) is 2.21. The Balaban J connectivity index is 1.82. The number of halogens is 1. The fraction of sp³-hybridized carbons (Fsp3) is 0.167. The van der Waals surface area contributed by atoms with Gasteiger partial charge in [0, 0.05) is 23.8 Å². The first-order valence-corrected chi connectivity index (χ1v) is 8.38. The van der Waals surface area contributed by atoms with Crippen LogP contribution in [0, 0.1) is 0 Å². The zero-order valence-electron chi connectivity index (χ0n) is 13.9. The van der Waals surface area contributed by atoms with Crippen LogP contribution in [0.5, 0.6) is 5.75 Å². The van der Waals surface area contributed by atoms with E-state index < -0.39 is 11.4 Å². The molecule has 0 saturated carbocycles. The van der Waals surface area contributed by atoms with Crippen LogP contribution in [0.25, 0.3) is 5.69 Å².